The second kappa shape index (κ2) is 5.43. The fourth-order valence-electron chi connectivity index (χ4n) is 1.61. The van der Waals surface area contributed by atoms with Gasteiger partial charge in [-0.05, 0) is 20.8 Å². The van der Waals surface area contributed by atoms with Crippen molar-refractivity contribution in [1.82, 2.24) is 0 Å². The Balaban J connectivity index is 3.43. The summed E-state index contributed by atoms with van der Waals surface area (Å²) in [5.41, 5.74) is -0.179. The molecule has 7 nitrogen and oxygen atoms in total. The summed E-state index contributed by atoms with van der Waals surface area (Å²) >= 11 is 0. The number of ketones is 1. The third-order valence-corrected chi connectivity index (χ3v) is 2.75. The molecule has 0 saturated carbocycles. The van der Waals surface area contributed by atoms with E-state index < -0.39 is 21.8 Å². The van der Waals surface area contributed by atoms with E-state index in [0.29, 0.717) is 0 Å². The van der Waals surface area contributed by atoms with Crippen molar-refractivity contribution in [2.45, 2.75) is 20.8 Å². The predicted octanol–water partition coefficient (Wildman–Crippen LogP) is 1.34. The summed E-state index contributed by atoms with van der Waals surface area (Å²) in [7, 11) is -3.64. The average Bonchev–Trinajstić information content (AvgIpc) is 2.52. The minimum absolute atomic E-state index is 0.0181. The van der Waals surface area contributed by atoms with E-state index in [9.17, 15) is 18.0 Å². The van der Waals surface area contributed by atoms with Crippen molar-refractivity contribution in [2.75, 3.05) is 17.6 Å². The second-order valence-corrected chi connectivity index (χ2v) is 5.64. The molecule has 0 fully saturated rings. The number of hydrogen-bond acceptors (Lipinski definition) is 6. The van der Waals surface area contributed by atoms with E-state index >= 15 is 0 Å². The first-order chi connectivity index (χ1) is 8.67. The summed E-state index contributed by atoms with van der Waals surface area (Å²) in [4.78, 5) is 23.4. The lowest BCUT2D eigenvalue weighted by Crippen LogP contribution is -2.15. The zero-order chi connectivity index (χ0) is 14.8. The molecule has 106 valence electrons. The van der Waals surface area contributed by atoms with E-state index in [2.05, 4.69) is 4.72 Å². The molecule has 0 aliphatic rings. The zero-order valence-electron chi connectivity index (χ0n) is 11.1. The maximum Gasteiger partial charge on any atom is 0.344 e. The highest BCUT2D eigenvalue weighted by Crippen LogP contribution is 2.29. The number of aryl methyl sites for hydroxylation is 1. The lowest BCUT2D eigenvalue weighted by molar-refractivity contribution is 0.0524. The Hall–Kier alpha value is -1.83. The normalized spacial score (nSPS) is 11.2. The lowest BCUT2D eigenvalue weighted by atomic mass is 10.1. The number of ether oxygens (including phenoxy) is 1. The number of sulfonamides is 1. The Labute approximate surface area is 111 Å². The molecular formula is C11H15NO6S. The first-order valence-electron chi connectivity index (χ1n) is 5.46. The number of hydrogen-bond donors (Lipinski definition) is 1. The van der Waals surface area contributed by atoms with E-state index in [-0.39, 0.29) is 29.4 Å². The summed E-state index contributed by atoms with van der Waals surface area (Å²) < 4.78 is 34.4. The number of carbonyl (C=O) groups is 2. The van der Waals surface area contributed by atoms with Crippen LogP contribution in [-0.4, -0.2) is 33.0 Å². The summed E-state index contributed by atoms with van der Waals surface area (Å²) in [6, 6.07) is 0. The van der Waals surface area contributed by atoms with E-state index in [1.807, 2.05) is 0 Å². The van der Waals surface area contributed by atoms with Gasteiger partial charge in [-0.15, -0.1) is 0 Å². The molecule has 0 aliphatic carbocycles. The van der Waals surface area contributed by atoms with Gasteiger partial charge in [0.1, 0.15) is 11.3 Å². The lowest BCUT2D eigenvalue weighted by Gasteiger charge is -2.04. The Morgan fingerprint density at radius 3 is 2.32 bits per heavy atom. The molecule has 0 aromatic carbocycles. The van der Waals surface area contributed by atoms with Gasteiger partial charge >= 0.3 is 5.97 Å². The van der Waals surface area contributed by atoms with Crippen LogP contribution >= 0.6 is 0 Å². The molecule has 1 aromatic rings. The van der Waals surface area contributed by atoms with Gasteiger partial charge in [-0.1, -0.05) is 0 Å². The number of Topliss-reactive ketones (excluding diaryl/α,β-unsaturated/α-hetero) is 1. The molecule has 0 aliphatic heterocycles. The van der Waals surface area contributed by atoms with Gasteiger partial charge in [0.25, 0.3) is 0 Å². The first kappa shape index (κ1) is 15.2. The third kappa shape index (κ3) is 3.57. The molecule has 0 saturated heterocycles. The van der Waals surface area contributed by atoms with Crippen LogP contribution in [0.4, 0.5) is 5.88 Å². The van der Waals surface area contributed by atoms with Crippen LogP contribution < -0.4 is 4.72 Å². The highest BCUT2D eigenvalue weighted by atomic mass is 32.2. The van der Waals surface area contributed by atoms with E-state index in [1.165, 1.54) is 13.8 Å². The van der Waals surface area contributed by atoms with Crippen molar-refractivity contribution < 1.29 is 27.2 Å². The molecule has 0 amide bonds. The van der Waals surface area contributed by atoms with Crippen LogP contribution in [0.2, 0.25) is 0 Å². The van der Waals surface area contributed by atoms with Crippen molar-refractivity contribution in [3.8, 4) is 0 Å². The van der Waals surface area contributed by atoms with Crippen LogP contribution in [0.5, 0.6) is 0 Å². The van der Waals surface area contributed by atoms with Crippen molar-refractivity contribution in [2.24, 2.45) is 0 Å². The molecule has 1 N–H and O–H groups in total. The Kier molecular flexibility index (Phi) is 4.35. The number of carbonyl (C=O) groups excluding carboxylic acids is 2. The molecule has 19 heavy (non-hydrogen) atoms. The van der Waals surface area contributed by atoms with Crippen molar-refractivity contribution >= 4 is 27.7 Å². The molecule has 0 spiro atoms. The minimum atomic E-state index is -3.64. The maximum atomic E-state index is 11.8. The minimum Gasteiger partial charge on any atom is -0.462 e. The highest BCUT2D eigenvalue weighted by Gasteiger charge is 2.28. The maximum absolute atomic E-state index is 11.8. The summed E-state index contributed by atoms with van der Waals surface area (Å²) in [5.74, 6) is -1.37. The zero-order valence-corrected chi connectivity index (χ0v) is 11.9. The monoisotopic (exact) mass is 289 g/mol. The number of furan rings is 1. The van der Waals surface area contributed by atoms with E-state index in [4.69, 9.17) is 9.15 Å². The number of rotatable bonds is 5. The van der Waals surface area contributed by atoms with Crippen LogP contribution in [-0.2, 0) is 14.8 Å². The number of anilines is 1. The van der Waals surface area contributed by atoms with Gasteiger partial charge < -0.3 is 9.15 Å². The van der Waals surface area contributed by atoms with Crippen LogP contribution in [0, 0.1) is 6.92 Å². The summed E-state index contributed by atoms with van der Waals surface area (Å²) in [6.07, 6.45) is 0.910. The van der Waals surface area contributed by atoms with Gasteiger partial charge in [0.15, 0.2) is 5.78 Å². The molecule has 0 radical (unpaired) electrons. The van der Waals surface area contributed by atoms with E-state index in [0.717, 1.165) is 6.26 Å². The molecule has 1 rings (SSSR count). The summed E-state index contributed by atoms with van der Waals surface area (Å²) in [5, 5.41) is 0. The molecule has 1 heterocycles. The van der Waals surface area contributed by atoms with Crippen LogP contribution in [0.25, 0.3) is 0 Å². The SMILES string of the molecule is CCOC(=O)c1c(NS(C)(=O)=O)oc(C)c1C(C)=O. The molecule has 1 aromatic heterocycles. The first-order valence-corrected chi connectivity index (χ1v) is 7.35. The standard InChI is InChI=1S/C11H15NO6S/c1-5-17-11(14)9-8(6(2)13)7(3)18-10(9)12-19(4,15)16/h12H,5H2,1-4H3. The van der Waals surface area contributed by atoms with Crippen LogP contribution in [0.15, 0.2) is 4.42 Å². The van der Waals surface area contributed by atoms with Crippen LogP contribution in [0.1, 0.15) is 40.3 Å². The molecule has 0 bridgehead atoms. The summed E-state index contributed by atoms with van der Waals surface area (Å²) in [6.45, 7) is 4.42. The van der Waals surface area contributed by atoms with Gasteiger partial charge in [0.05, 0.1) is 18.4 Å². The van der Waals surface area contributed by atoms with Gasteiger partial charge in [0, 0.05) is 0 Å². The number of esters is 1. The van der Waals surface area contributed by atoms with Gasteiger partial charge in [0.2, 0.25) is 15.9 Å². The van der Waals surface area contributed by atoms with E-state index in [1.54, 1.807) is 6.92 Å². The van der Waals surface area contributed by atoms with Gasteiger partial charge in [-0.25, -0.2) is 13.2 Å². The van der Waals surface area contributed by atoms with Crippen LogP contribution in [0.3, 0.4) is 0 Å². The Morgan fingerprint density at radius 1 is 1.32 bits per heavy atom. The largest absolute Gasteiger partial charge is 0.462 e. The Bertz CT molecular complexity index is 613. The highest BCUT2D eigenvalue weighted by molar-refractivity contribution is 7.92. The molecular weight excluding hydrogens is 274 g/mol. The number of nitrogens with one attached hydrogen (secondary N) is 1. The smallest absolute Gasteiger partial charge is 0.344 e. The predicted molar refractivity (Wildman–Crippen MR) is 67.9 cm³/mol. The fourth-order valence-corrected chi connectivity index (χ4v) is 2.09. The van der Waals surface area contributed by atoms with Crippen molar-refractivity contribution in [3.63, 3.8) is 0 Å². The third-order valence-electron chi connectivity index (χ3n) is 2.19. The van der Waals surface area contributed by atoms with Crippen molar-refractivity contribution in [3.05, 3.63) is 16.9 Å². The Morgan fingerprint density at radius 2 is 1.89 bits per heavy atom. The fraction of sp³-hybridized carbons (Fsp3) is 0.455. The molecule has 0 unspecified atom stereocenters. The molecule has 8 heteroatoms. The van der Waals surface area contributed by atoms with Gasteiger partial charge in [-0.2, -0.15) is 0 Å². The average molecular weight is 289 g/mol. The van der Waals surface area contributed by atoms with Crippen molar-refractivity contribution in [1.29, 1.82) is 0 Å². The topological polar surface area (TPSA) is 103 Å². The quantitative estimate of drug-likeness (QED) is 0.648. The van der Waals surface area contributed by atoms with Gasteiger partial charge in [-0.3, -0.25) is 9.52 Å². The molecule has 0 atom stereocenters. The second-order valence-electron chi connectivity index (χ2n) is 3.89.